The van der Waals surface area contributed by atoms with Gasteiger partial charge in [0.15, 0.2) is 23.0 Å². The van der Waals surface area contributed by atoms with Crippen molar-refractivity contribution in [1.29, 1.82) is 0 Å². The van der Waals surface area contributed by atoms with Crippen LogP contribution in [-0.4, -0.2) is 92.9 Å². The third-order valence-corrected chi connectivity index (χ3v) is 9.11. The summed E-state index contributed by atoms with van der Waals surface area (Å²) in [6.07, 6.45) is 4.60. The van der Waals surface area contributed by atoms with Crippen LogP contribution in [0.25, 0.3) is 12.2 Å². The quantitative estimate of drug-likeness (QED) is 0.152. The monoisotopic (exact) mass is 704 g/mol. The van der Waals surface area contributed by atoms with E-state index in [1.165, 1.54) is 14.2 Å². The van der Waals surface area contributed by atoms with Gasteiger partial charge in [0, 0.05) is 0 Å². The molecule has 46 heavy (non-hydrogen) atoms. The fourth-order valence-electron chi connectivity index (χ4n) is 4.20. The maximum atomic E-state index is 12.5. The lowest BCUT2D eigenvalue weighted by Crippen LogP contribution is -2.33. The molecule has 2 saturated heterocycles. The Bertz CT molecular complexity index is 1520. The molecule has 2 heterocycles. The third-order valence-electron chi connectivity index (χ3n) is 6.36. The van der Waals surface area contributed by atoms with Gasteiger partial charge in [-0.3, -0.25) is 29.0 Å². The van der Waals surface area contributed by atoms with Crippen LogP contribution >= 0.6 is 48.0 Å². The molecule has 0 bridgehead atoms. The molecular formula is C30H28N2O10S4. The number of thiocarbonyl (C=S) groups is 2. The highest BCUT2D eigenvalue weighted by Crippen LogP contribution is 2.36. The molecule has 12 nitrogen and oxygen atoms in total. The zero-order valence-electron chi connectivity index (χ0n) is 24.5. The Morgan fingerprint density at radius 1 is 0.717 bits per heavy atom. The van der Waals surface area contributed by atoms with Gasteiger partial charge in [0.05, 0.1) is 37.2 Å². The van der Waals surface area contributed by atoms with Gasteiger partial charge in [0.25, 0.3) is 11.8 Å². The van der Waals surface area contributed by atoms with Gasteiger partial charge in [0.2, 0.25) is 0 Å². The van der Waals surface area contributed by atoms with Gasteiger partial charge in [-0.15, -0.1) is 0 Å². The molecule has 2 aromatic rings. The molecule has 242 valence electrons. The lowest BCUT2D eigenvalue weighted by Gasteiger charge is -2.13. The van der Waals surface area contributed by atoms with E-state index in [2.05, 4.69) is 0 Å². The van der Waals surface area contributed by atoms with Crippen molar-refractivity contribution in [3.63, 3.8) is 0 Å². The molecule has 2 aliphatic rings. The number of benzene rings is 2. The molecule has 2 N–H and O–H groups in total. The minimum atomic E-state index is -1.14. The van der Waals surface area contributed by atoms with Crippen LogP contribution in [-0.2, 0) is 19.2 Å². The average molecular weight is 705 g/mol. The van der Waals surface area contributed by atoms with Crippen LogP contribution in [0.1, 0.15) is 24.0 Å². The number of ether oxygens (including phenoxy) is 4. The molecule has 2 amide bonds. The number of thioether (sulfide) groups is 2. The number of nitrogens with zero attached hydrogens (tertiary/aromatic N) is 2. The summed E-state index contributed by atoms with van der Waals surface area (Å²) in [4.78, 5) is 49.9. The fraction of sp³-hybridized carbons (Fsp3) is 0.267. The van der Waals surface area contributed by atoms with Gasteiger partial charge >= 0.3 is 11.9 Å². The van der Waals surface area contributed by atoms with Crippen molar-refractivity contribution in [1.82, 2.24) is 9.80 Å². The second-order valence-electron chi connectivity index (χ2n) is 9.55. The van der Waals surface area contributed by atoms with Gasteiger partial charge < -0.3 is 29.2 Å². The van der Waals surface area contributed by atoms with Crippen molar-refractivity contribution in [2.24, 2.45) is 0 Å². The number of unbranched alkanes of at least 4 members (excludes halogenated alkanes) is 1. The van der Waals surface area contributed by atoms with Crippen LogP contribution in [0.4, 0.5) is 0 Å². The second-order valence-corrected chi connectivity index (χ2v) is 12.9. The number of carboxylic acid groups (broad SMARTS) is 2. The number of carbonyl (C=O) groups excluding carboxylic acids is 2. The molecular weight excluding hydrogens is 677 g/mol. The SMILES string of the molecule is COc1cc(/C=C2\SC(=S)N(CC(=O)O)C2=O)ccc1OCCCCOc1ccc(/C=C2\SC(=S)N(CC(=O)O)C2=O)cc1OC. The second kappa shape index (κ2) is 15.9. The molecule has 0 atom stereocenters. The Kier molecular flexibility index (Phi) is 12.0. The van der Waals surface area contributed by atoms with Crippen LogP contribution in [0.2, 0.25) is 0 Å². The maximum absolute atomic E-state index is 12.5. The van der Waals surface area contributed by atoms with E-state index in [1.807, 2.05) is 0 Å². The Labute approximate surface area is 283 Å². The fourth-order valence-corrected chi connectivity index (χ4v) is 6.71. The van der Waals surface area contributed by atoms with Crippen LogP contribution in [0.15, 0.2) is 46.2 Å². The zero-order valence-corrected chi connectivity index (χ0v) is 27.8. The highest BCUT2D eigenvalue weighted by atomic mass is 32.2. The van der Waals surface area contributed by atoms with E-state index in [1.54, 1.807) is 48.6 Å². The molecule has 16 heteroatoms. The molecule has 2 fully saturated rings. The van der Waals surface area contributed by atoms with Crippen LogP contribution < -0.4 is 18.9 Å². The summed E-state index contributed by atoms with van der Waals surface area (Å²) < 4.78 is 23.1. The highest BCUT2D eigenvalue weighted by molar-refractivity contribution is 8.27. The van der Waals surface area contributed by atoms with Gasteiger partial charge in [-0.05, 0) is 60.4 Å². The van der Waals surface area contributed by atoms with Gasteiger partial charge in [-0.1, -0.05) is 60.1 Å². The van der Waals surface area contributed by atoms with Crippen molar-refractivity contribution in [2.75, 3.05) is 40.5 Å². The normalized spacial score (nSPS) is 16.5. The summed E-state index contributed by atoms with van der Waals surface area (Å²) in [5.74, 6) is -1.21. The van der Waals surface area contributed by atoms with E-state index in [0.29, 0.717) is 70.0 Å². The number of methoxy groups -OCH3 is 2. The summed E-state index contributed by atoms with van der Waals surface area (Å²) in [5, 5.41) is 18.0. The molecule has 4 rings (SSSR count). The number of hydrogen-bond acceptors (Lipinski definition) is 12. The van der Waals surface area contributed by atoms with E-state index in [0.717, 1.165) is 33.3 Å². The number of carboxylic acids is 2. The van der Waals surface area contributed by atoms with Gasteiger partial charge in [-0.2, -0.15) is 0 Å². The van der Waals surface area contributed by atoms with Crippen LogP contribution in [0.5, 0.6) is 23.0 Å². The first-order chi connectivity index (χ1) is 22.0. The third kappa shape index (κ3) is 8.78. The number of carbonyl (C=O) groups is 4. The predicted octanol–water partition coefficient (Wildman–Crippen LogP) is 4.51. The van der Waals surface area contributed by atoms with Crippen LogP contribution in [0, 0.1) is 0 Å². The average Bonchev–Trinajstić information content (AvgIpc) is 3.42. The molecule has 0 aliphatic carbocycles. The van der Waals surface area contributed by atoms with E-state index in [4.69, 9.17) is 53.6 Å². The smallest absolute Gasteiger partial charge is 0.323 e. The van der Waals surface area contributed by atoms with E-state index in [9.17, 15) is 19.2 Å². The largest absolute Gasteiger partial charge is 0.493 e. The topological polar surface area (TPSA) is 152 Å². The summed E-state index contributed by atoms with van der Waals surface area (Å²) in [5.41, 5.74) is 1.34. The van der Waals surface area contributed by atoms with E-state index in [-0.39, 0.29) is 8.64 Å². The lowest BCUT2D eigenvalue weighted by molar-refractivity contribution is -0.140. The Morgan fingerprint density at radius 3 is 1.46 bits per heavy atom. The molecule has 0 unspecified atom stereocenters. The first-order valence-corrected chi connectivity index (χ1v) is 16.0. The van der Waals surface area contributed by atoms with Crippen molar-refractivity contribution < 1.29 is 48.3 Å². The zero-order chi connectivity index (χ0) is 33.4. The number of hydrogen-bond donors (Lipinski definition) is 2. The minimum absolute atomic E-state index is 0.192. The van der Waals surface area contributed by atoms with E-state index >= 15 is 0 Å². The standard InChI is InChI=1S/C30H28N2O10S4/c1-39-21-11-17(13-23-27(37)31(15-25(33)34)29(43)45-23)5-7-19(21)41-9-3-4-10-42-20-8-6-18(12-22(20)40-2)14-24-28(38)32(16-26(35)36)30(44)46-24/h5-8,11-14H,3-4,9-10,15-16H2,1-2H3,(H,33,34)(H,35,36)/b23-13-,24-14-. The number of rotatable bonds is 15. The van der Waals surface area contributed by atoms with Crippen molar-refractivity contribution in [2.45, 2.75) is 12.8 Å². The maximum Gasteiger partial charge on any atom is 0.323 e. The van der Waals surface area contributed by atoms with Crippen molar-refractivity contribution in [3.8, 4) is 23.0 Å². The Balaban J connectivity index is 1.27. The number of amides is 2. The summed E-state index contributed by atoms with van der Waals surface area (Å²) >= 11 is 12.4. The van der Waals surface area contributed by atoms with Gasteiger partial charge in [-0.25, -0.2) is 0 Å². The summed E-state index contributed by atoms with van der Waals surface area (Å²) in [6.45, 7) is -0.193. The molecule has 0 radical (unpaired) electrons. The predicted molar refractivity (Wildman–Crippen MR) is 181 cm³/mol. The van der Waals surface area contributed by atoms with Gasteiger partial charge in [0.1, 0.15) is 21.7 Å². The molecule has 0 aromatic heterocycles. The van der Waals surface area contributed by atoms with E-state index < -0.39 is 36.8 Å². The number of aliphatic carboxylic acids is 2. The van der Waals surface area contributed by atoms with Crippen molar-refractivity contribution in [3.05, 3.63) is 57.3 Å². The summed E-state index contributed by atoms with van der Waals surface area (Å²) in [6, 6.07) is 10.4. The molecule has 2 aliphatic heterocycles. The first-order valence-electron chi connectivity index (χ1n) is 13.6. The summed E-state index contributed by atoms with van der Waals surface area (Å²) in [7, 11) is 3.02. The molecule has 0 saturated carbocycles. The molecule has 0 spiro atoms. The molecule has 2 aromatic carbocycles. The lowest BCUT2D eigenvalue weighted by atomic mass is 10.2. The Hall–Kier alpha value is -4.12. The van der Waals surface area contributed by atoms with Crippen molar-refractivity contribution >= 4 is 92.5 Å². The highest BCUT2D eigenvalue weighted by Gasteiger charge is 2.34. The Morgan fingerprint density at radius 2 is 1.11 bits per heavy atom. The van der Waals surface area contributed by atoms with Crippen LogP contribution in [0.3, 0.4) is 0 Å². The first kappa shape index (κ1) is 34.7. The minimum Gasteiger partial charge on any atom is -0.493 e.